The molecule has 1 aliphatic rings. The number of nitrogens with zero attached hydrogens (tertiary/aromatic N) is 6. The van der Waals surface area contributed by atoms with Gasteiger partial charge in [0.15, 0.2) is 0 Å². The molecule has 1 atom stereocenters. The first-order chi connectivity index (χ1) is 8.47. The minimum atomic E-state index is -1.33. The van der Waals surface area contributed by atoms with Gasteiger partial charge in [-0.1, -0.05) is 0 Å². The molecule has 100 valence electrons. The number of hydrazone groups is 1. The smallest absolute Gasteiger partial charge is 0.274 e. The van der Waals surface area contributed by atoms with Crippen molar-refractivity contribution >= 4 is 5.84 Å². The molecule has 0 saturated carbocycles. The Bertz CT molecular complexity index is 384. The van der Waals surface area contributed by atoms with Gasteiger partial charge in [0.1, 0.15) is 13.0 Å². The molecule has 18 heavy (non-hydrogen) atoms. The SMILES string of the molecule is O=NN1CC([N+](=O)[O-])CC(NO)=NN([N+](=O)[O-])N1. The van der Waals surface area contributed by atoms with E-state index < -0.39 is 34.8 Å². The fourth-order valence-corrected chi connectivity index (χ4v) is 1.14. The number of nitrogens with one attached hydrogen (secondary N) is 2. The van der Waals surface area contributed by atoms with Gasteiger partial charge in [0.05, 0.1) is 20.6 Å². The lowest BCUT2D eigenvalue weighted by molar-refractivity contribution is -0.680. The summed E-state index contributed by atoms with van der Waals surface area (Å²) < 4.78 is 0. The van der Waals surface area contributed by atoms with Crippen molar-refractivity contribution in [3.63, 3.8) is 0 Å². The zero-order valence-corrected chi connectivity index (χ0v) is 8.66. The normalized spacial score (nSPS) is 20.5. The maximum absolute atomic E-state index is 10.7. The Morgan fingerprint density at radius 2 is 2.22 bits per heavy atom. The number of nitroso groups, excluding NO2 is 1. The minimum Gasteiger partial charge on any atom is -0.338 e. The Hall–Kier alpha value is -2.61. The molecule has 0 spiro atoms. The van der Waals surface area contributed by atoms with Crippen molar-refractivity contribution < 1.29 is 15.2 Å². The molecule has 0 saturated heterocycles. The first-order valence-corrected chi connectivity index (χ1v) is 4.40. The van der Waals surface area contributed by atoms with E-state index in [9.17, 15) is 25.1 Å². The predicted octanol–water partition coefficient (Wildman–Crippen LogP) is -1.78. The fourth-order valence-electron chi connectivity index (χ4n) is 1.14. The van der Waals surface area contributed by atoms with Gasteiger partial charge >= 0.3 is 0 Å². The van der Waals surface area contributed by atoms with Crippen molar-refractivity contribution in [1.29, 1.82) is 0 Å². The van der Waals surface area contributed by atoms with Crippen molar-refractivity contribution in [3.05, 3.63) is 25.1 Å². The molecule has 0 fully saturated rings. The number of hydrogen-bond donors (Lipinski definition) is 3. The molecule has 0 amide bonds. The lowest BCUT2D eigenvalue weighted by atomic mass is 10.2. The Labute approximate surface area is 97.9 Å². The van der Waals surface area contributed by atoms with Crippen LogP contribution in [0.1, 0.15) is 6.42 Å². The molecule has 14 nitrogen and oxygen atoms in total. The molecular weight excluding hydrogens is 256 g/mol. The first-order valence-electron chi connectivity index (χ1n) is 4.40. The van der Waals surface area contributed by atoms with Crippen molar-refractivity contribution in [1.82, 2.24) is 21.4 Å². The second-order valence-electron chi connectivity index (χ2n) is 3.09. The second kappa shape index (κ2) is 5.64. The van der Waals surface area contributed by atoms with Crippen molar-refractivity contribution in [2.24, 2.45) is 10.4 Å². The summed E-state index contributed by atoms with van der Waals surface area (Å²) in [6.07, 6.45) is -0.443. The van der Waals surface area contributed by atoms with Gasteiger partial charge < -0.3 is 10.1 Å². The highest BCUT2D eigenvalue weighted by atomic mass is 16.7. The van der Waals surface area contributed by atoms with Gasteiger partial charge in [-0.15, -0.1) is 4.91 Å². The molecular formula is C4H8N8O6. The number of amidine groups is 1. The van der Waals surface area contributed by atoms with Crippen molar-refractivity contribution in [2.75, 3.05) is 6.54 Å². The topological polar surface area (TPSA) is 179 Å². The van der Waals surface area contributed by atoms with Crippen LogP contribution in [0.5, 0.6) is 0 Å². The van der Waals surface area contributed by atoms with Gasteiger partial charge in [0.2, 0.25) is 6.04 Å². The van der Waals surface area contributed by atoms with Crippen molar-refractivity contribution in [3.8, 4) is 0 Å². The lowest BCUT2D eigenvalue weighted by Gasteiger charge is -2.21. The van der Waals surface area contributed by atoms with Crippen LogP contribution in [0.2, 0.25) is 0 Å². The van der Waals surface area contributed by atoms with Gasteiger partial charge in [0, 0.05) is 4.92 Å². The Kier molecular flexibility index (Phi) is 4.22. The van der Waals surface area contributed by atoms with Crippen LogP contribution >= 0.6 is 0 Å². The number of hydroxylamine groups is 1. The number of nitro groups is 2. The van der Waals surface area contributed by atoms with E-state index in [1.165, 1.54) is 5.48 Å². The first kappa shape index (κ1) is 13.5. The number of hydrazine groups is 3. The van der Waals surface area contributed by atoms with Crippen LogP contribution in [-0.4, -0.2) is 43.9 Å². The summed E-state index contributed by atoms with van der Waals surface area (Å²) in [4.78, 5) is 30.8. The zero-order chi connectivity index (χ0) is 13.7. The molecule has 1 heterocycles. The summed E-state index contributed by atoms with van der Waals surface area (Å²) in [5, 5.41) is 34.6. The molecule has 14 heteroatoms. The molecule has 3 N–H and O–H groups in total. The molecule has 1 rings (SSSR count). The van der Waals surface area contributed by atoms with E-state index in [4.69, 9.17) is 5.21 Å². The Morgan fingerprint density at radius 1 is 1.56 bits per heavy atom. The Morgan fingerprint density at radius 3 is 2.67 bits per heavy atom. The Balaban J connectivity index is 3.01. The van der Waals surface area contributed by atoms with E-state index in [0.717, 1.165) is 0 Å². The molecule has 0 radical (unpaired) electrons. The van der Waals surface area contributed by atoms with Gasteiger partial charge in [0.25, 0.3) is 5.84 Å². The van der Waals surface area contributed by atoms with Crippen LogP contribution in [0.3, 0.4) is 0 Å². The summed E-state index contributed by atoms with van der Waals surface area (Å²) in [5.74, 6) is -0.411. The summed E-state index contributed by atoms with van der Waals surface area (Å²) in [6, 6.07) is -1.33. The highest BCUT2D eigenvalue weighted by Gasteiger charge is 2.34. The molecule has 0 bridgehead atoms. The summed E-state index contributed by atoms with van der Waals surface area (Å²) in [6.45, 7) is -0.540. The van der Waals surface area contributed by atoms with Gasteiger partial charge in [-0.05, 0) is 5.53 Å². The maximum atomic E-state index is 10.7. The average Bonchev–Trinajstić information content (AvgIpc) is 2.28. The van der Waals surface area contributed by atoms with Crippen LogP contribution < -0.4 is 11.0 Å². The molecule has 1 unspecified atom stereocenters. The van der Waals surface area contributed by atoms with E-state index in [2.05, 4.69) is 10.4 Å². The molecule has 0 aliphatic carbocycles. The third kappa shape index (κ3) is 3.19. The number of hydrogen-bond acceptors (Lipinski definition) is 10. The fraction of sp³-hybridized carbons (Fsp3) is 0.750. The quantitative estimate of drug-likeness (QED) is 0.299. The highest BCUT2D eigenvalue weighted by Crippen LogP contribution is 2.06. The maximum Gasteiger partial charge on any atom is 0.274 e. The van der Waals surface area contributed by atoms with Crippen LogP contribution in [0, 0.1) is 25.1 Å². The van der Waals surface area contributed by atoms with Gasteiger partial charge in [-0.2, -0.15) is 5.12 Å². The van der Waals surface area contributed by atoms with Crippen LogP contribution in [0.4, 0.5) is 0 Å². The van der Waals surface area contributed by atoms with E-state index >= 15 is 0 Å². The molecule has 0 aromatic rings. The standard InChI is InChI=1S/C4H8N8O6/c13-6-4-1-3(10(15)16)2-9(8-14)7-11(5-4)12(17)18/h3,7,13H,1-2H2,(H,5,6). The average molecular weight is 264 g/mol. The largest absolute Gasteiger partial charge is 0.338 e. The third-order valence-corrected chi connectivity index (χ3v) is 1.91. The van der Waals surface area contributed by atoms with Gasteiger partial charge in [-0.3, -0.25) is 15.3 Å². The van der Waals surface area contributed by atoms with E-state index in [1.807, 2.05) is 0 Å². The second-order valence-corrected chi connectivity index (χ2v) is 3.09. The monoisotopic (exact) mass is 264 g/mol. The van der Waals surface area contributed by atoms with Crippen LogP contribution in [0.15, 0.2) is 10.4 Å². The van der Waals surface area contributed by atoms with Crippen LogP contribution in [0.25, 0.3) is 0 Å². The predicted molar refractivity (Wildman–Crippen MR) is 52.2 cm³/mol. The highest BCUT2D eigenvalue weighted by molar-refractivity contribution is 5.81. The molecule has 0 aromatic heterocycles. The van der Waals surface area contributed by atoms with Crippen molar-refractivity contribution in [2.45, 2.75) is 12.5 Å². The third-order valence-electron chi connectivity index (χ3n) is 1.91. The summed E-state index contributed by atoms with van der Waals surface area (Å²) in [5.41, 5.74) is 3.31. The summed E-state index contributed by atoms with van der Waals surface area (Å²) >= 11 is 0. The van der Waals surface area contributed by atoms with E-state index in [1.54, 1.807) is 5.53 Å². The van der Waals surface area contributed by atoms with E-state index in [0.29, 0.717) is 5.12 Å². The molecule has 0 aromatic carbocycles. The summed E-state index contributed by atoms with van der Waals surface area (Å²) in [7, 11) is 0. The number of rotatable bonds is 3. The minimum absolute atomic E-state index is 0.0177. The zero-order valence-electron chi connectivity index (χ0n) is 8.66. The molecule has 1 aliphatic heterocycles. The van der Waals surface area contributed by atoms with Crippen LogP contribution in [-0.2, 0) is 0 Å². The van der Waals surface area contributed by atoms with E-state index in [-0.39, 0.29) is 5.23 Å². The lowest BCUT2D eigenvalue weighted by Crippen LogP contribution is -2.53. The van der Waals surface area contributed by atoms with Gasteiger partial charge in [-0.25, -0.2) is 5.48 Å².